The number of carbonyl (C=O) groups excluding carboxylic acids is 1. The van der Waals surface area contributed by atoms with E-state index in [1.807, 2.05) is 6.92 Å². The van der Waals surface area contributed by atoms with E-state index in [0.717, 1.165) is 32.1 Å². The van der Waals surface area contributed by atoms with E-state index in [9.17, 15) is 4.79 Å². The Morgan fingerprint density at radius 1 is 1.56 bits per heavy atom. The van der Waals surface area contributed by atoms with Gasteiger partial charge >= 0.3 is 5.97 Å². The molecule has 1 aliphatic carbocycles. The predicted molar refractivity (Wildman–Crippen MR) is 61.1 cm³/mol. The van der Waals surface area contributed by atoms with E-state index in [-0.39, 0.29) is 17.7 Å². The van der Waals surface area contributed by atoms with Gasteiger partial charge in [0.2, 0.25) is 0 Å². The van der Waals surface area contributed by atoms with E-state index in [2.05, 4.69) is 13.5 Å². The summed E-state index contributed by atoms with van der Waals surface area (Å²) in [5.74, 6) is -0.227. The van der Waals surface area contributed by atoms with Gasteiger partial charge in [0.05, 0.1) is 11.7 Å². The van der Waals surface area contributed by atoms with Crippen LogP contribution >= 0.6 is 0 Å². The summed E-state index contributed by atoms with van der Waals surface area (Å²) in [5.41, 5.74) is 0.571. The maximum atomic E-state index is 11.7. The van der Waals surface area contributed by atoms with Crippen LogP contribution < -0.4 is 0 Å². The average molecular weight is 224 g/mol. The van der Waals surface area contributed by atoms with Crippen LogP contribution in [0.15, 0.2) is 12.2 Å². The first-order valence-electron chi connectivity index (χ1n) is 6.11. The lowest BCUT2D eigenvalue weighted by Crippen LogP contribution is -2.30. The van der Waals surface area contributed by atoms with Gasteiger partial charge in [0.15, 0.2) is 0 Å². The number of rotatable bonds is 4. The third-order valence-electron chi connectivity index (χ3n) is 3.53. The van der Waals surface area contributed by atoms with Crippen molar-refractivity contribution in [3.05, 3.63) is 12.2 Å². The van der Waals surface area contributed by atoms with Gasteiger partial charge in [-0.2, -0.15) is 0 Å². The van der Waals surface area contributed by atoms with Gasteiger partial charge in [0.25, 0.3) is 0 Å². The molecule has 3 unspecified atom stereocenters. The highest BCUT2D eigenvalue weighted by Crippen LogP contribution is 2.48. The van der Waals surface area contributed by atoms with Crippen LogP contribution in [0.2, 0.25) is 0 Å². The lowest BCUT2D eigenvalue weighted by Gasteiger charge is -2.23. The summed E-state index contributed by atoms with van der Waals surface area (Å²) < 4.78 is 11.0. The van der Waals surface area contributed by atoms with Crippen molar-refractivity contribution in [2.24, 2.45) is 0 Å². The zero-order valence-corrected chi connectivity index (χ0v) is 10.1. The number of hydrogen-bond donors (Lipinski definition) is 0. The number of epoxide rings is 1. The molecule has 0 aromatic carbocycles. The van der Waals surface area contributed by atoms with Crippen LogP contribution in [0.4, 0.5) is 0 Å². The smallest absolute Gasteiger partial charge is 0.333 e. The van der Waals surface area contributed by atoms with Crippen LogP contribution in [-0.4, -0.2) is 23.8 Å². The molecule has 1 aliphatic heterocycles. The molecule has 90 valence electrons. The molecule has 1 heterocycles. The van der Waals surface area contributed by atoms with Crippen LogP contribution in [0.1, 0.15) is 46.0 Å². The first-order valence-corrected chi connectivity index (χ1v) is 6.11. The van der Waals surface area contributed by atoms with E-state index in [1.54, 1.807) is 0 Å². The van der Waals surface area contributed by atoms with Gasteiger partial charge in [0, 0.05) is 12.0 Å². The third-order valence-corrected chi connectivity index (χ3v) is 3.53. The van der Waals surface area contributed by atoms with Crippen LogP contribution in [0.3, 0.4) is 0 Å². The molecule has 3 heteroatoms. The predicted octanol–water partition coefficient (Wildman–Crippen LogP) is 2.60. The van der Waals surface area contributed by atoms with E-state index in [1.165, 1.54) is 0 Å². The highest BCUT2D eigenvalue weighted by Gasteiger charge is 2.56. The van der Waals surface area contributed by atoms with Gasteiger partial charge in [-0.1, -0.05) is 19.9 Å². The molecule has 0 aromatic heterocycles. The molecular formula is C13H20O3. The normalized spacial score (nSPS) is 36.4. The van der Waals surface area contributed by atoms with Gasteiger partial charge in [-0.05, 0) is 26.2 Å². The van der Waals surface area contributed by atoms with Gasteiger partial charge in [0.1, 0.15) is 6.10 Å². The summed E-state index contributed by atoms with van der Waals surface area (Å²) >= 11 is 0. The van der Waals surface area contributed by atoms with Gasteiger partial charge in [-0.15, -0.1) is 0 Å². The van der Waals surface area contributed by atoms with Crippen molar-refractivity contribution in [3.63, 3.8) is 0 Å². The second-order valence-electron chi connectivity index (χ2n) is 5.08. The molecule has 2 aliphatic rings. The second kappa shape index (κ2) is 4.21. The highest BCUT2D eigenvalue weighted by molar-refractivity contribution is 5.87. The van der Waals surface area contributed by atoms with Crippen molar-refractivity contribution in [2.75, 3.05) is 0 Å². The van der Waals surface area contributed by atoms with Crippen molar-refractivity contribution in [1.82, 2.24) is 0 Å². The van der Waals surface area contributed by atoms with E-state index in [0.29, 0.717) is 11.7 Å². The lowest BCUT2D eigenvalue weighted by molar-refractivity contribution is -0.146. The average Bonchev–Trinajstić information content (AvgIpc) is 2.89. The first kappa shape index (κ1) is 11.6. The Morgan fingerprint density at radius 2 is 2.31 bits per heavy atom. The standard InChI is InChI=1S/C13H20O3/c1-4-5-9(2)12(14)15-10-6-7-11-13(3,8-10)16-11/h10-11H,2,4-8H2,1,3H3. The molecule has 0 N–H and O–H groups in total. The highest BCUT2D eigenvalue weighted by atomic mass is 16.6. The van der Waals surface area contributed by atoms with Crippen LogP contribution in [0.5, 0.6) is 0 Å². The molecule has 3 atom stereocenters. The monoisotopic (exact) mass is 224 g/mol. The Balaban J connectivity index is 1.81. The molecule has 2 fully saturated rings. The lowest BCUT2D eigenvalue weighted by atomic mass is 9.88. The number of esters is 1. The van der Waals surface area contributed by atoms with Crippen molar-refractivity contribution in [2.45, 2.75) is 63.8 Å². The molecule has 0 radical (unpaired) electrons. The molecule has 3 nitrogen and oxygen atoms in total. The van der Waals surface area contributed by atoms with E-state index >= 15 is 0 Å². The first-order chi connectivity index (χ1) is 7.55. The number of carbonyl (C=O) groups is 1. The molecule has 0 spiro atoms. The van der Waals surface area contributed by atoms with Gasteiger partial charge in [-0.3, -0.25) is 0 Å². The molecular weight excluding hydrogens is 204 g/mol. The summed E-state index contributed by atoms with van der Waals surface area (Å²) in [6.07, 6.45) is 4.85. The Morgan fingerprint density at radius 3 is 2.94 bits per heavy atom. The van der Waals surface area contributed by atoms with Gasteiger partial charge < -0.3 is 9.47 Å². The largest absolute Gasteiger partial charge is 0.459 e. The molecule has 0 bridgehead atoms. The molecule has 16 heavy (non-hydrogen) atoms. The number of ether oxygens (including phenoxy) is 2. The Labute approximate surface area is 96.8 Å². The number of fused-ring (bicyclic) bond motifs is 1. The molecule has 2 rings (SSSR count). The molecule has 0 amide bonds. The SMILES string of the molecule is C=C(CCC)C(=O)OC1CCC2OC2(C)C1. The van der Waals surface area contributed by atoms with Crippen molar-refractivity contribution in [3.8, 4) is 0 Å². The minimum Gasteiger partial charge on any atom is -0.459 e. The van der Waals surface area contributed by atoms with Crippen molar-refractivity contribution < 1.29 is 14.3 Å². The van der Waals surface area contributed by atoms with Crippen LogP contribution in [0.25, 0.3) is 0 Å². The number of hydrogen-bond acceptors (Lipinski definition) is 3. The minimum absolute atomic E-state index is 0.0184. The fraction of sp³-hybridized carbons (Fsp3) is 0.769. The molecule has 1 saturated heterocycles. The van der Waals surface area contributed by atoms with Crippen LogP contribution in [-0.2, 0) is 14.3 Å². The molecule has 1 saturated carbocycles. The minimum atomic E-state index is -0.227. The fourth-order valence-corrected chi connectivity index (χ4v) is 2.47. The van der Waals surface area contributed by atoms with Gasteiger partial charge in [-0.25, -0.2) is 4.79 Å². The summed E-state index contributed by atoms with van der Waals surface area (Å²) in [6.45, 7) is 7.88. The van der Waals surface area contributed by atoms with Crippen molar-refractivity contribution >= 4 is 5.97 Å². The van der Waals surface area contributed by atoms with Crippen molar-refractivity contribution in [1.29, 1.82) is 0 Å². The summed E-state index contributed by atoms with van der Waals surface area (Å²) in [6, 6.07) is 0. The zero-order chi connectivity index (χ0) is 11.8. The maximum Gasteiger partial charge on any atom is 0.333 e. The molecule has 0 aromatic rings. The Bertz CT molecular complexity index is 310. The third kappa shape index (κ3) is 2.29. The zero-order valence-electron chi connectivity index (χ0n) is 10.1. The Kier molecular flexibility index (Phi) is 3.06. The fourth-order valence-electron chi connectivity index (χ4n) is 2.47. The summed E-state index contributed by atoms with van der Waals surface area (Å²) in [7, 11) is 0. The summed E-state index contributed by atoms with van der Waals surface area (Å²) in [4.78, 5) is 11.7. The Hall–Kier alpha value is -0.830. The topological polar surface area (TPSA) is 38.8 Å². The van der Waals surface area contributed by atoms with E-state index < -0.39 is 0 Å². The maximum absolute atomic E-state index is 11.7. The van der Waals surface area contributed by atoms with E-state index in [4.69, 9.17) is 9.47 Å². The second-order valence-corrected chi connectivity index (χ2v) is 5.08. The van der Waals surface area contributed by atoms with Crippen LogP contribution in [0, 0.1) is 0 Å². The summed E-state index contributed by atoms with van der Waals surface area (Å²) in [5, 5.41) is 0. The quantitative estimate of drug-likeness (QED) is 0.418.